The maximum Gasteiger partial charge on any atom is 0.242 e. The molecule has 0 bridgehead atoms. The first kappa shape index (κ1) is 19.5. The van der Waals surface area contributed by atoms with E-state index in [4.69, 9.17) is 11.6 Å². The molecule has 0 saturated heterocycles. The van der Waals surface area contributed by atoms with Crippen LogP contribution in [0.25, 0.3) is 10.2 Å². The molecular weight excluding hydrogens is 406 g/mol. The number of nitriles is 1. The van der Waals surface area contributed by atoms with Gasteiger partial charge in [-0.1, -0.05) is 23.7 Å². The van der Waals surface area contributed by atoms with Crippen molar-refractivity contribution >= 4 is 49.0 Å². The van der Waals surface area contributed by atoms with E-state index in [0.717, 1.165) is 9.01 Å². The third-order valence-corrected chi connectivity index (χ3v) is 7.17. The monoisotopic (exact) mass is 419 g/mol. The van der Waals surface area contributed by atoms with Crippen LogP contribution >= 0.6 is 22.9 Å². The third-order valence-electron chi connectivity index (χ3n) is 3.93. The van der Waals surface area contributed by atoms with Gasteiger partial charge in [0.15, 0.2) is 11.7 Å². The number of aromatic nitrogens is 1. The van der Waals surface area contributed by atoms with Crippen molar-refractivity contribution in [3.63, 3.8) is 0 Å². The van der Waals surface area contributed by atoms with Crippen molar-refractivity contribution in [2.75, 3.05) is 14.1 Å². The zero-order chi connectivity index (χ0) is 19.8. The lowest BCUT2D eigenvalue weighted by atomic mass is 9.99. The Bertz CT molecular complexity index is 1150. The molecule has 1 heterocycles. The summed E-state index contributed by atoms with van der Waals surface area (Å²) in [5.41, 5.74) is 0.672. The van der Waals surface area contributed by atoms with Gasteiger partial charge in [0.2, 0.25) is 10.0 Å². The van der Waals surface area contributed by atoms with Gasteiger partial charge >= 0.3 is 0 Å². The molecule has 1 aromatic heterocycles. The van der Waals surface area contributed by atoms with E-state index < -0.39 is 21.7 Å². The van der Waals surface area contributed by atoms with Gasteiger partial charge in [-0.15, -0.1) is 11.3 Å². The molecule has 0 N–H and O–H groups in total. The Morgan fingerprint density at radius 3 is 2.59 bits per heavy atom. The smallest absolute Gasteiger partial charge is 0.242 e. The molecule has 3 aromatic rings. The van der Waals surface area contributed by atoms with E-state index in [1.54, 1.807) is 6.07 Å². The number of halogens is 1. The second-order valence-corrected chi connectivity index (χ2v) is 9.50. The van der Waals surface area contributed by atoms with Gasteiger partial charge in [-0.3, -0.25) is 4.79 Å². The summed E-state index contributed by atoms with van der Waals surface area (Å²) in [5.74, 6) is -1.76. The molecule has 2 aromatic carbocycles. The molecule has 0 aliphatic rings. The fourth-order valence-corrected chi connectivity index (χ4v) is 4.61. The molecule has 0 fully saturated rings. The number of nitrogens with zero attached hydrogens (tertiary/aromatic N) is 3. The topological polar surface area (TPSA) is 91.1 Å². The summed E-state index contributed by atoms with van der Waals surface area (Å²) in [6.45, 7) is 0. The van der Waals surface area contributed by atoms with Gasteiger partial charge in [-0.25, -0.2) is 17.7 Å². The summed E-state index contributed by atoms with van der Waals surface area (Å²) in [7, 11) is -0.954. The number of fused-ring (bicyclic) bond motifs is 1. The normalized spacial score (nSPS) is 12.9. The second-order valence-electron chi connectivity index (χ2n) is 5.88. The zero-order valence-electron chi connectivity index (χ0n) is 14.4. The SMILES string of the molecule is CN(C)S(=O)(=O)c1ccc(Cl)c(C(=O)C(C#N)c2nc3ccccc3s2)c1. The summed E-state index contributed by atoms with van der Waals surface area (Å²) in [4.78, 5) is 17.3. The van der Waals surface area contributed by atoms with Crippen LogP contribution in [0.2, 0.25) is 5.02 Å². The van der Waals surface area contributed by atoms with E-state index >= 15 is 0 Å². The number of carbonyl (C=O) groups is 1. The van der Waals surface area contributed by atoms with E-state index in [0.29, 0.717) is 10.5 Å². The maximum atomic E-state index is 13.0. The maximum absolute atomic E-state index is 13.0. The fourth-order valence-electron chi connectivity index (χ4n) is 2.46. The molecule has 9 heteroatoms. The molecule has 1 unspecified atom stereocenters. The van der Waals surface area contributed by atoms with Gasteiger partial charge in [0.05, 0.1) is 26.2 Å². The summed E-state index contributed by atoms with van der Waals surface area (Å²) < 4.78 is 26.6. The van der Waals surface area contributed by atoms with Crippen LogP contribution in [0.4, 0.5) is 0 Å². The van der Waals surface area contributed by atoms with Crippen molar-refractivity contribution in [2.45, 2.75) is 10.8 Å². The number of thiazole rings is 1. The average molecular weight is 420 g/mol. The summed E-state index contributed by atoms with van der Waals surface area (Å²) >= 11 is 7.38. The Morgan fingerprint density at radius 2 is 1.96 bits per heavy atom. The number of hydrogen-bond donors (Lipinski definition) is 0. The van der Waals surface area contributed by atoms with Crippen LogP contribution in [-0.4, -0.2) is 37.6 Å². The quantitative estimate of drug-likeness (QED) is 0.588. The standard InChI is InChI=1S/C18H14ClN3O3S2/c1-22(2)27(24,25)11-7-8-14(19)12(9-11)17(23)13(10-20)18-21-15-5-3-4-6-16(15)26-18/h3-9,13H,1-2H3. The number of Topliss-reactive ketones (excluding diaryl/α,β-unsaturated/α-hetero) is 1. The van der Waals surface area contributed by atoms with Gasteiger partial charge < -0.3 is 0 Å². The molecule has 0 radical (unpaired) electrons. The number of hydrogen-bond acceptors (Lipinski definition) is 6. The second kappa shape index (κ2) is 7.37. The first-order valence-corrected chi connectivity index (χ1v) is 10.4. The van der Waals surface area contributed by atoms with Crippen molar-refractivity contribution < 1.29 is 13.2 Å². The van der Waals surface area contributed by atoms with E-state index in [1.807, 2.05) is 24.3 Å². The van der Waals surface area contributed by atoms with Gasteiger partial charge in [0.25, 0.3) is 0 Å². The van der Waals surface area contributed by atoms with Crippen molar-refractivity contribution in [1.82, 2.24) is 9.29 Å². The predicted molar refractivity (Wildman–Crippen MR) is 105 cm³/mol. The highest BCUT2D eigenvalue weighted by Gasteiger charge is 2.28. The van der Waals surface area contributed by atoms with Crippen LogP contribution in [0.15, 0.2) is 47.4 Å². The molecule has 138 valence electrons. The molecule has 0 spiro atoms. The third kappa shape index (κ3) is 3.59. The Hall–Kier alpha value is -2.31. The number of benzene rings is 2. The number of carbonyl (C=O) groups excluding carboxylic acids is 1. The van der Waals surface area contributed by atoms with E-state index in [9.17, 15) is 18.5 Å². The Morgan fingerprint density at radius 1 is 1.26 bits per heavy atom. The van der Waals surface area contributed by atoms with Crippen molar-refractivity contribution in [2.24, 2.45) is 0 Å². The largest absolute Gasteiger partial charge is 0.292 e. The van der Waals surface area contributed by atoms with E-state index in [1.165, 1.54) is 43.6 Å². The van der Waals surface area contributed by atoms with Crippen LogP contribution in [0, 0.1) is 11.3 Å². The Kier molecular flexibility index (Phi) is 5.31. The lowest BCUT2D eigenvalue weighted by Gasteiger charge is -2.13. The lowest BCUT2D eigenvalue weighted by molar-refractivity contribution is 0.0979. The van der Waals surface area contributed by atoms with E-state index in [2.05, 4.69) is 4.98 Å². The summed E-state index contributed by atoms with van der Waals surface area (Å²) in [6.07, 6.45) is 0. The first-order chi connectivity index (χ1) is 12.8. The van der Waals surface area contributed by atoms with Crippen LogP contribution in [0.1, 0.15) is 21.3 Å². The molecular formula is C18H14ClN3O3S2. The van der Waals surface area contributed by atoms with Crippen LogP contribution < -0.4 is 0 Å². The first-order valence-electron chi connectivity index (χ1n) is 7.77. The van der Waals surface area contributed by atoms with Crippen LogP contribution in [-0.2, 0) is 10.0 Å². The zero-order valence-corrected chi connectivity index (χ0v) is 16.8. The summed E-state index contributed by atoms with van der Waals surface area (Å²) in [6, 6.07) is 13.2. The minimum absolute atomic E-state index is 0.0228. The number of para-hydroxylation sites is 1. The molecule has 27 heavy (non-hydrogen) atoms. The lowest BCUT2D eigenvalue weighted by Crippen LogP contribution is -2.22. The number of sulfonamides is 1. The van der Waals surface area contributed by atoms with E-state index in [-0.39, 0.29) is 15.5 Å². The average Bonchev–Trinajstić information content (AvgIpc) is 3.05. The molecule has 0 aliphatic heterocycles. The highest BCUT2D eigenvalue weighted by atomic mass is 35.5. The van der Waals surface area contributed by atoms with Crippen LogP contribution in [0.5, 0.6) is 0 Å². The highest BCUT2D eigenvalue weighted by molar-refractivity contribution is 7.89. The molecule has 0 aliphatic carbocycles. The van der Waals surface area contributed by atoms with Crippen molar-refractivity contribution in [1.29, 1.82) is 5.26 Å². The van der Waals surface area contributed by atoms with Crippen LogP contribution in [0.3, 0.4) is 0 Å². The minimum Gasteiger partial charge on any atom is -0.292 e. The Balaban J connectivity index is 2.07. The number of ketones is 1. The van der Waals surface area contributed by atoms with Gasteiger partial charge in [-0.2, -0.15) is 5.26 Å². The minimum atomic E-state index is -3.74. The molecule has 3 rings (SSSR count). The molecule has 0 saturated carbocycles. The predicted octanol–water partition coefficient (Wildman–Crippen LogP) is 3.69. The molecule has 6 nitrogen and oxygen atoms in total. The van der Waals surface area contributed by atoms with Gasteiger partial charge in [0.1, 0.15) is 5.01 Å². The summed E-state index contributed by atoms with van der Waals surface area (Å²) in [5, 5.41) is 10.0. The number of rotatable bonds is 5. The van der Waals surface area contributed by atoms with Gasteiger partial charge in [0, 0.05) is 19.7 Å². The Labute approximate surface area is 165 Å². The van der Waals surface area contributed by atoms with Crippen molar-refractivity contribution in [3.05, 3.63) is 58.1 Å². The molecule has 0 amide bonds. The fraction of sp³-hybridized carbons (Fsp3) is 0.167. The van der Waals surface area contributed by atoms with Gasteiger partial charge in [-0.05, 0) is 30.3 Å². The van der Waals surface area contributed by atoms with Crippen molar-refractivity contribution in [3.8, 4) is 6.07 Å². The molecule has 1 atom stereocenters. The highest BCUT2D eigenvalue weighted by Crippen LogP contribution is 2.32.